The summed E-state index contributed by atoms with van der Waals surface area (Å²) >= 11 is 0. The molecule has 0 saturated carbocycles. The van der Waals surface area contributed by atoms with Crippen LogP contribution in [0.25, 0.3) is 0 Å². The summed E-state index contributed by atoms with van der Waals surface area (Å²) in [6.45, 7) is 4.28. The van der Waals surface area contributed by atoms with Crippen molar-refractivity contribution in [3.8, 4) is 0 Å². The van der Waals surface area contributed by atoms with Gasteiger partial charge in [0.05, 0.1) is 32.0 Å². The molecule has 444 valence electrons. The highest BCUT2D eigenvalue weighted by Gasteiger charge is 2.44. The first kappa shape index (κ1) is 71.6. The smallest absolute Gasteiger partial charge is 0.305 e. The zero-order valence-electron chi connectivity index (χ0n) is 49.0. The molecule has 0 radical (unpaired) electrons. The summed E-state index contributed by atoms with van der Waals surface area (Å²) in [6.07, 6.45) is 59.4. The van der Waals surface area contributed by atoms with E-state index >= 15 is 0 Å². The average molecular weight is 1070 g/mol. The summed E-state index contributed by atoms with van der Waals surface area (Å²) in [5.41, 5.74) is 0. The molecule has 0 bridgehead atoms. The predicted octanol–water partition coefficient (Wildman–Crippen LogP) is 15.2. The second-order valence-corrected chi connectivity index (χ2v) is 22.1. The third-order valence-corrected chi connectivity index (χ3v) is 14.9. The first-order chi connectivity index (χ1) is 37.2. The zero-order valence-corrected chi connectivity index (χ0v) is 49.0. The van der Waals surface area contributed by atoms with Crippen LogP contribution in [-0.2, 0) is 23.8 Å². The van der Waals surface area contributed by atoms with E-state index in [2.05, 4.69) is 55.6 Å². The van der Waals surface area contributed by atoms with Gasteiger partial charge in [0.15, 0.2) is 6.29 Å². The van der Waals surface area contributed by atoms with Gasteiger partial charge in [-0.2, -0.15) is 0 Å². The van der Waals surface area contributed by atoms with Gasteiger partial charge in [-0.05, 0) is 89.9 Å². The van der Waals surface area contributed by atoms with Crippen molar-refractivity contribution in [2.75, 3.05) is 19.8 Å². The van der Waals surface area contributed by atoms with Crippen molar-refractivity contribution in [3.05, 3.63) is 48.6 Å². The van der Waals surface area contributed by atoms with Gasteiger partial charge in [0.1, 0.15) is 24.4 Å². The number of unbranched alkanes of at least 4 members (excludes halogenated alkanes) is 35. The van der Waals surface area contributed by atoms with Gasteiger partial charge in [-0.25, -0.2) is 0 Å². The number of allylic oxidation sites excluding steroid dienone is 7. The van der Waals surface area contributed by atoms with Crippen LogP contribution in [-0.4, -0.2) is 100 Å². The molecule has 1 rings (SSSR count). The van der Waals surface area contributed by atoms with Crippen molar-refractivity contribution in [1.29, 1.82) is 0 Å². The van der Waals surface area contributed by atoms with Crippen LogP contribution in [0.3, 0.4) is 0 Å². The molecular formula is C65H119NO10. The van der Waals surface area contributed by atoms with Crippen LogP contribution < -0.4 is 5.32 Å². The predicted molar refractivity (Wildman–Crippen MR) is 315 cm³/mol. The molecule has 1 fully saturated rings. The van der Waals surface area contributed by atoms with Gasteiger partial charge in [-0.3, -0.25) is 9.59 Å². The Balaban J connectivity index is 1.98. The number of amides is 1. The topological polar surface area (TPSA) is 175 Å². The van der Waals surface area contributed by atoms with E-state index in [1.54, 1.807) is 6.08 Å². The van der Waals surface area contributed by atoms with E-state index in [1.807, 2.05) is 6.08 Å². The Hall–Kier alpha value is -2.38. The summed E-state index contributed by atoms with van der Waals surface area (Å²) in [7, 11) is 0. The van der Waals surface area contributed by atoms with Gasteiger partial charge in [0.25, 0.3) is 0 Å². The Morgan fingerprint density at radius 2 is 0.882 bits per heavy atom. The SMILES string of the molecule is CCCCC/C=C\C/C=C\CCCCCCCC(=O)OCCCCCCCCCCCCCC/C=C\CCCCCCCCCCC(=O)NC(COC1OC(CO)C(O)C(O)C1O)C(O)/C=C/CCCCCCCCC. The zero-order chi connectivity index (χ0) is 55.2. The number of hydrogen-bond acceptors (Lipinski definition) is 10. The second kappa shape index (κ2) is 54.6. The molecule has 0 aromatic heterocycles. The molecule has 7 atom stereocenters. The van der Waals surface area contributed by atoms with Gasteiger partial charge in [-0.1, -0.05) is 236 Å². The molecule has 0 aromatic carbocycles. The lowest BCUT2D eigenvalue weighted by Gasteiger charge is -2.40. The largest absolute Gasteiger partial charge is 0.466 e. The second-order valence-electron chi connectivity index (χ2n) is 22.1. The van der Waals surface area contributed by atoms with Crippen molar-refractivity contribution in [3.63, 3.8) is 0 Å². The van der Waals surface area contributed by atoms with Crippen LogP contribution in [0, 0.1) is 0 Å². The van der Waals surface area contributed by atoms with Crippen LogP contribution in [0.1, 0.15) is 290 Å². The molecule has 1 saturated heterocycles. The minimum absolute atomic E-state index is 0.0131. The Morgan fingerprint density at radius 1 is 0.487 bits per heavy atom. The molecule has 1 amide bonds. The fourth-order valence-electron chi connectivity index (χ4n) is 9.81. The Labute approximate surface area is 466 Å². The lowest BCUT2D eigenvalue weighted by atomic mass is 9.99. The molecule has 7 unspecified atom stereocenters. The van der Waals surface area contributed by atoms with E-state index in [1.165, 1.54) is 180 Å². The monoisotopic (exact) mass is 1070 g/mol. The molecule has 0 aromatic rings. The lowest BCUT2D eigenvalue weighted by molar-refractivity contribution is -0.302. The van der Waals surface area contributed by atoms with Gasteiger partial charge >= 0.3 is 5.97 Å². The van der Waals surface area contributed by atoms with Crippen molar-refractivity contribution in [2.24, 2.45) is 0 Å². The number of hydrogen-bond donors (Lipinski definition) is 6. The minimum Gasteiger partial charge on any atom is -0.466 e. The summed E-state index contributed by atoms with van der Waals surface area (Å²) in [5, 5.41) is 54.2. The Morgan fingerprint density at radius 3 is 1.37 bits per heavy atom. The number of aliphatic hydroxyl groups excluding tert-OH is 5. The van der Waals surface area contributed by atoms with E-state index in [4.69, 9.17) is 14.2 Å². The highest BCUT2D eigenvalue weighted by molar-refractivity contribution is 5.76. The summed E-state index contributed by atoms with van der Waals surface area (Å²) < 4.78 is 16.7. The van der Waals surface area contributed by atoms with Gasteiger partial charge < -0.3 is 45.1 Å². The van der Waals surface area contributed by atoms with Crippen molar-refractivity contribution >= 4 is 11.9 Å². The number of ether oxygens (including phenoxy) is 3. The van der Waals surface area contributed by atoms with Crippen molar-refractivity contribution < 1.29 is 49.3 Å². The lowest BCUT2D eigenvalue weighted by Crippen LogP contribution is -2.60. The highest BCUT2D eigenvalue weighted by atomic mass is 16.7. The van der Waals surface area contributed by atoms with Gasteiger partial charge in [0.2, 0.25) is 5.91 Å². The molecule has 1 aliphatic rings. The molecule has 1 heterocycles. The first-order valence-electron chi connectivity index (χ1n) is 31.9. The number of nitrogens with one attached hydrogen (secondary N) is 1. The molecule has 0 spiro atoms. The van der Waals surface area contributed by atoms with E-state index in [0.29, 0.717) is 19.4 Å². The number of carbonyl (C=O) groups is 2. The molecule has 0 aliphatic carbocycles. The van der Waals surface area contributed by atoms with Gasteiger partial charge in [-0.15, -0.1) is 0 Å². The third kappa shape index (κ3) is 43.5. The number of esters is 1. The van der Waals surface area contributed by atoms with E-state index in [9.17, 15) is 35.1 Å². The maximum absolute atomic E-state index is 13.0. The standard InChI is InChI=1S/C65H119NO10/c1-3-5-7-9-11-13-14-15-26-30-33-37-41-45-49-53-61(70)74-54-50-46-42-38-34-31-28-25-23-21-19-17-16-18-20-22-24-27-29-32-36-40-44-48-52-60(69)66-57(58(68)51-47-43-39-35-12-10-8-6-4-2)56-75-65-64(73)63(72)62(71)59(55-67)76-65/h11,13,15,18,20,26,47,51,57-59,62-65,67-68,71-73H,3-10,12,14,16-17,19,21-25,27-46,48-50,52-56H2,1-2H3,(H,66,69)/b13-11-,20-18-,26-15-,51-47+. The molecule has 6 N–H and O–H groups in total. The maximum Gasteiger partial charge on any atom is 0.305 e. The average Bonchev–Trinajstić information content (AvgIpc) is 3.42. The molecule has 1 aliphatic heterocycles. The molecule has 76 heavy (non-hydrogen) atoms. The number of rotatable bonds is 55. The normalized spacial score (nSPS) is 19.0. The van der Waals surface area contributed by atoms with Crippen LogP contribution in [0.5, 0.6) is 0 Å². The van der Waals surface area contributed by atoms with Crippen LogP contribution in [0.15, 0.2) is 48.6 Å². The molecule has 11 heteroatoms. The van der Waals surface area contributed by atoms with Crippen molar-refractivity contribution in [1.82, 2.24) is 5.32 Å². The fraction of sp³-hybridized carbons (Fsp3) is 0.846. The van der Waals surface area contributed by atoms with E-state index in [0.717, 1.165) is 83.5 Å². The number of carbonyl (C=O) groups excluding carboxylic acids is 2. The third-order valence-electron chi connectivity index (χ3n) is 14.9. The summed E-state index contributed by atoms with van der Waals surface area (Å²) in [5.74, 6) is -0.202. The maximum atomic E-state index is 13.0. The minimum atomic E-state index is -1.57. The Kier molecular flexibility index (Phi) is 51.4. The Bertz CT molecular complexity index is 1400. The summed E-state index contributed by atoms with van der Waals surface area (Å²) in [4.78, 5) is 25.1. The fourth-order valence-corrected chi connectivity index (χ4v) is 9.81. The van der Waals surface area contributed by atoms with E-state index < -0.39 is 49.5 Å². The van der Waals surface area contributed by atoms with E-state index in [-0.39, 0.29) is 18.5 Å². The quantitative estimate of drug-likeness (QED) is 0.0195. The summed E-state index contributed by atoms with van der Waals surface area (Å²) in [6, 6.07) is -0.812. The first-order valence-corrected chi connectivity index (χ1v) is 31.9. The molecule has 11 nitrogen and oxygen atoms in total. The van der Waals surface area contributed by atoms with Crippen molar-refractivity contribution in [2.45, 2.75) is 333 Å². The molecular weight excluding hydrogens is 955 g/mol. The number of aliphatic hydroxyl groups is 5. The van der Waals surface area contributed by atoms with Crippen LogP contribution in [0.4, 0.5) is 0 Å². The van der Waals surface area contributed by atoms with Crippen LogP contribution in [0.2, 0.25) is 0 Å². The highest BCUT2D eigenvalue weighted by Crippen LogP contribution is 2.23. The van der Waals surface area contributed by atoms with Crippen LogP contribution >= 0.6 is 0 Å². The van der Waals surface area contributed by atoms with Gasteiger partial charge in [0, 0.05) is 12.8 Å².